The van der Waals surface area contributed by atoms with Crippen LogP contribution in [0.4, 0.5) is 11.4 Å². The number of rotatable bonds is 8. The molecule has 0 aliphatic carbocycles. The third-order valence-corrected chi connectivity index (χ3v) is 4.02. The normalized spacial score (nSPS) is 10.7. The first-order chi connectivity index (χ1) is 12.8. The van der Waals surface area contributed by atoms with Crippen molar-refractivity contribution >= 4 is 33.2 Å². The molecule has 2 rings (SSSR count). The number of ether oxygens (including phenoxy) is 1. The maximum absolute atomic E-state index is 12.0. The summed E-state index contributed by atoms with van der Waals surface area (Å²) in [6, 6.07) is 13.7. The standard InChI is InChI=1S/C18H21N3O5S/c1-26-16-9-8-14(11-15(16)21-27(2,24)25)20-18(23)12-19-17(22)10-13-6-4-3-5-7-13/h3-9,11,21H,10,12H2,1-2H3,(H,19,22)(H,20,23). The lowest BCUT2D eigenvalue weighted by Gasteiger charge is -2.12. The number of carbonyl (C=O) groups is 2. The number of benzene rings is 2. The van der Waals surface area contributed by atoms with Gasteiger partial charge in [0.05, 0.1) is 32.0 Å². The molecular weight excluding hydrogens is 370 g/mol. The van der Waals surface area contributed by atoms with Crippen LogP contribution in [0.1, 0.15) is 5.56 Å². The van der Waals surface area contributed by atoms with Gasteiger partial charge in [0.15, 0.2) is 0 Å². The number of hydrogen-bond acceptors (Lipinski definition) is 5. The van der Waals surface area contributed by atoms with E-state index in [0.29, 0.717) is 11.4 Å². The van der Waals surface area contributed by atoms with Crippen LogP contribution >= 0.6 is 0 Å². The van der Waals surface area contributed by atoms with Gasteiger partial charge in [0.2, 0.25) is 21.8 Å². The van der Waals surface area contributed by atoms with Crippen LogP contribution in [0.3, 0.4) is 0 Å². The average Bonchev–Trinajstić information content (AvgIpc) is 2.60. The van der Waals surface area contributed by atoms with Crippen LogP contribution in [-0.4, -0.2) is 40.1 Å². The maximum Gasteiger partial charge on any atom is 0.243 e. The van der Waals surface area contributed by atoms with Crippen molar-refractivity contribution < 1.29 is 22.7 Å². The van der Waals surface area contributed by atoms with Crippen molar-refractivity contribution in [3.05, 3.63) is 54.1 Å². The summed E-state index contributed by atoms with van der Waals surface area (Å²) in [5.41, 5.74) is 1.41. The number of carbonyl (C=O) groups excluding carboxylic acids is 2. The lowest BCUT2D eigenvalue weighted by molar-refractivity contribution is -0.123. The molecule has 0 spiro atoms. The number of sulfonamides is 1. The van der Waals surface area contributed by atoms with E-state index in [-0.39, 0.29) is 24.6 Å². The van der Waals surface area contributed by atoms with Crippen molar-refractivity contribution in [2.45, 2.75) is 6.42 Å². The Morgan fingerprint density at radius 1 is 1.04 bits per heavy atom. The Bertz CT molecular complexity index is 914. The molecule has 2 amide bonds. The van der Waals surface area contributed by atoms with E-state index in [4.69, 9.17) is 4.74 Å². The largest absolute Gasteiger partial charge is 0.495 e. The molecule has 0 aliphatic heterocycles. The predicted molar refractivity (Wildman–Crippen MR) is 103 cm³/mol. The first kappa shape index (κ1) is 20.2. The van der Waals surface area contributed by atoms with E-state index < -0.39 is 15.9 Å². The molecule has 0 atom stereocenters. The molecule has 0 unspecified atom stereocenters. The molecule has 0 fully saturated rings. The minimum Gasteiger partial charge on any atom is -0.495 e. The van der Waals surface area contributed by atoms with Crippen molar-refractivity contribution in [1.29, 1.82) is 0 Å². The molecule has 144 valence electrons. The highest BCUT2D eigenvalue weighted by Gasteiger charge is 2.11. The molecular formula is C18H21N3O5S. The number of amides is 2. The van der Waals surface area contributed by atoms with Gasteiger partial charge in [-0.05, 0) is 23.8 Å². The highest BCUT2D eigenvalue weighted by molar-refractivity contribution is 7.92. The first-order valence-corrected chi connectivity index (χ1v) is 9.92. The topological polar surface area (TPSA) is 114 Å². The Morgan fingerprint density at radius 3 is 2.37 bits per heavy atom. The van der Waals surface area contributed by atoms with E-state index in [1.54, 1.807) is 6.07 Å². The van der Waals surface area contributed by atoms with Gasteiger partial charge in [0.25, 0.3) is 0 Å². The van der Waals surface area contributed by atoms with Crippen LogP contribution < -0.4 is 20.1 Å². The zero-order valence-electron chi connectivity index (χ0n) is 15.0. The summed E-state index contributed by atoms with van der Waals surface area (Å²) < 4.78 is 30.3. The van der Waals surface area contributed by atoms with Gasteiger partial charge in [-0.25, -0.2) is 8.42 Å². The Balaban J connectivity index is 1.93. The van der Waals surface area contributed by atoms with Crippen LogP contribution in [0.5, 0.6) is 5.75 Å². The van der Waals surface area contributed by atoms with Crippen LogP contribution in [0.15, 0.2) is 48.5 Å². The van der Waals surface area contributed by atoms with Crippen molar-refractivity contribution in [2.75, 3.05) is 29.9 Å². The van der Waals surface area contributed by atoms with E-state index in [0.717, 1.165) is 11.8 Å². The molecule has 3 N–H and O–H groups in total. The molecule has 2 aromatic rings. The van der Waals surface area contributed by atoms with Crippen LogP contribution in [0.25, 0.3) is 0 Å². The molecule has 0 saturated heterocycles. The van der Waals surface area contributed by atoms with E-state index in [1.807, 2.05) is 30.3 Å². The third kappa shape index (κ3) is 6.98. The second-order valence-electron chi connectivity index (χ2n) is 5.78. The smallest absolute Gasteiger partial charge is 0.243 e. The monoisotopic (exact) mass is 391 g/mol. The van der Waals surface area contributed by atoms with Gasteiger partial charge in [0.1, 0.15) is 5.75 Å². The van der Waals surface area contributed by atoms with Gasteiger partial charge in [-0.1, -0.05) is 30.3 Å². The van der Waals surface area contributed by atoms with Gasteiger partial charge >= 0.3 is 0 Å². The highest BCUT2D eigenvalue weighted by atomic mass is 32.2. The Labute approximate surface area is 158 Å². The highest BCUT2D eigenvalue weighted by Crippen LogP contribution is 2.28. The summed E-state index contributed by atoms with van der Waals surface area (Å²) in [6.45, 7) is -0.202. The van der Waals surface area contributed by atoms with Gasteiger partial charge in [-0.2, -0.15) is 0 Å². The lowest BCUT2D eigenvalue weighted by Crippen LogP contribution is -2.33. The molecule has 0 aliphatic rings. The summed E-state index contributed by atoms with van der Waals surface area (Å²) in [7, 11) is -2.10. The number of nitrogens with one attached hydrogen (secondary N) is 3. The number of anilines is 2. The summed E-state index contributed by atoms with van der Waals surface area (Å²) in [4.78, 5) is 23.9. The quantitative estimate of drug-likeness (QED) is 0.629. The fourth-order valence-electron chi connectivity index (χ4n) is 2.29. The molecule has 2 aromatic carbocycles. The molecule has 0 heterocycles. The fraction of sp³-hybridized carbons (Fsp3) is 0.222. The first-order valence-electron chi connectivity index (χ1n) is 8.03. The van der Waals surface area contributed by atoms with Crippen LogP contribution in [0, 0.1) is 0 Å². The second kappa shape index (κ2) is 9.04. The van der Waals surface area contributed by atoms with Crippen molar-refractivity contribution in [3.8, 4) is 5.75 Å². The maximum atomic E-state index is 12.0. The summed E-state index contributed by atoms with van der Waals surface area (Å²) in [5, 5.41) is 5.13. The third-order valence-electron chi connectivity index (χ3n) is 3.43. The minimum atomic E-state index is -3.51. The summed E-state index contributed by atoms with van der Waals surface area (Å²) in [6.07, 6.45) is 1.19. The molecule has 27 heavy (non-hydrogen) atoms. The molecule has 0 radical (unpaired) electrons. The predicted octanol–water partition coefficient (Wildman–Crippen LogP) is 1.36. The van der Waals surface area contributed by atoms with Crippen LogP contribution in [-0.2, 0) is 26.0 Å². The Hall–Kier alpha value is -3.07. The average molecular weight is 391 g/mol. The molecule has 8 nitrogen and oxygen atoms in total. The van der Waals surface area contributed by atoms with Gasteiger partial charge < -0.3 is 15.4 Å². The van der Waals surface area contributed by atoms with E-state index in [2.05, 4.69) is 15.4 Å². The lowest BCUT2D eigenvalue weighted by atomic mass is 10.1. The minimum absolute atomic E-state index is 0.180. The van der Waals surface area contributed by atoms with Gasteiger partial charge in [-0.15, -0.1) is 0 Å². The molecule has 0 aromatic heterocycles. The summed E-state index contributed by atoms with van der Waals surface area (Å²) >= 11 is 0. The summed E-state index contributed by atoms with van der Waals surface area (Å²) in [5.74, 6) is -0.396. The van der Waals surface area contributed by atoms with Crippen molar-refractivity contribution in [3.63, 3.8) is 0 Å². The van der Waals surface area contributed by atoms with E-state index in [1.165, 1.54) is 19.2 Å². The van der Waals surface area contributed by atoms with Crippen LogP contribution in [0.2, 0.25) is 0 Å². The van der Waals surface area contributed by atoms with E-state index >= 15 is 0 Å². The van der Waals surface area contributed by atoms with E-state index in [9.17, 15) is 18.0 Å². The van der Waals surface area contributed by atoms with Gasteiger partial charge in [0, 0.05) is 5.69 Å². The Kier molecular flexibility index (Phi) is 6.78. The Morgan fingerprint density at radius 2 is 1.74 bits per heavy atom. The molecule has 0 saturated carbocycles. The number of methoxy groups -OCH3 is 1. The zero-order chi connectivity index (χ0) is 19.9. The van der Waals surface area contributed by atoms with Crippen molar-refractivity contribution in [1.82, 2.24) is 5.32 Å². The SMILES string of the molecule is COc1ccc(NC(=O)CNC(=O)Cc2ccccc2)cc1NS(C)(=O)=O. The fourth-order valence-corrected chi connectivity index (χ4v) is 2.85. The second-order valence-corrected chi connectivity index (χ2v) is 7.53. The molecule has 9 heteroatoms. The zero-order valence-corrected chi connectivity index (χ0v) is 15.8. The van der Waals surface area contributed by atoms with Gasteiger partial charge in [-0.3, -0.25) is 14.3 Å². The molecule has 0 bridgehead atoms. The number of hydrogen-bond donors (Lipinski definition) is 3. The van der Waals surface area contributed by atoms with Crippen molar-refractivity contribution in [2.24, 2.45) is 0 Å².